The Bertz CT molecular complexity index is 904. The minimum absolute atomic E-state index is 0.201. The van der Waals surface area contributed by atoms with Crippen LogP contribution in [-0.2, 0) is 0 Å². The second kappa shape index (κ2) is 5.61. The predicted octanol–water partition coefficient (Wildman–Crippen LogP) is 3.37. The van der Waals surface area contributed by atoms with Gasteiger partial charge in [-0.2, -0.15) is 0 Å². The van der Waals surface area contributed by atoms with Crippen LogP contribution >= 0.6 is 0 Å². The Morgan fingerprint density at radius 3 is 2.52 bits per heavy atom. The van der Waals surface area contributed by atoms with Crippen LogP contribution < -0.4 is 4.90 Å². The lowest BCUT2D eigenvalue weighted by Gasteiger charge is -2.18. The topological polar surface area (TPSA) is 73.7 Å². The van der Waals surface area contributed by atoms with Crippen molar-refractivity contribution in [3.63, 3.8) is 0 Å². The van der Waals surface area contributed by atoms with Crippen LogP contribution in [-0.4, -0.2) is 35.3 Å². The van der Waals surface area contributed by atoms with Crippen LogP contribution in [0, 0.1) is 0 Å². The SMILES string of the molecule is CN(C)c1cc(C(=O)O)ccc1-c1ccc2cc(O)ccc2n1. The summed E-state index contributed by atoms with van der Waals surface area (Å²) >= 11 is 0. The lowest BCUT2D eigenvalue weighted by atomic mass is 10.0. The number of fused-ring (bicyclic) bond motifs is 1. The summed E-state index contributed by atoms with van der Waals surface area (Å²) in [7, 11) is 3.73. The van der Waals surface area contributed by atoms with E-state index in [1.165, 1.54) is 0 Å². The van der Waals surface area contributed by atoms with Crippen LogP contribution in [0.3, 0.4) is 0 Å². The first-order valence-corrected chi connectivity index (χ1v) is 7.10. The monoisotopic (exact) mass is 308 g/mol. The van der Waals surface area contributed by atoms with E-state index in [-0.39, 0.29) is 11.3 Å². The van der Waals surface area contributed by atoms with E-state index < -0.39 is 5.97 Å². The van der Waals surface area contributed by atoms with E-state index in [4.69, 9.17) is 5.11 Å². The number of phenolic OH excluding ortho intramolecular Hbond substituents is 1. The van der Waals surface area contributed by atoms with Gasteiger partial charge in [-0.1, -0.05) is 6.07 Å². The molecule has 3 rings (SSSR count). The van der Waals surface area contributed by atoms with E-state index in [1.54, 1.807) is 36.4 Å². The highest BCUT2D eigenvalue weighted by Gasteiger charge is 2.13. The molecule has 0 saturated heterocycles. The average Bonchev–Trinajstić information content (AvgIpc) is 2.53. The van der Waals surface area contributed by atoms with Crippen molar-refractivity contribution in [2.75, 3.05) is 19.0 Å². The molecule has 0 spiro atoms. The average molecular weight is 308 g/mol. The molecule has 0 radical (unpaired) electrons. The number of carboxylic acid groups (broad SMARTS) is 1. The van der Waals surface area contributed by atoms with Crippen molar-refractivity contribution in [2.24, 2.45) is 0 Å². The molecule has 0 unspecified atom stereocenters. The zero-order valence-corrected chi connectivity index (χ0v) is 12.8. The van der Waals surface area contributed by atoms with E-state index in [9.17, 15) is 9.90 Å². The van der Waals surface area contributed by atoms with Gasteiger partial charge in [0.2, 0.25) is 0 Å². The molecule has 0 aliphatic heterocycles. The third-order valence-electron chi connectivity index (χ3n) is 3.68. The number of anilines is 1. The number of hydrogen-bond acceptors (Lipinski definition) is 4. The summed E-state index contributed by atoms with van der Waals surface area (Å²) in [5.41, 5.74) is 3.41. The summed E-state index contributed by atoms with van der Waals surface area (Å²) in [5, 5.41) is 19.5. The molecule has 0 atom stereocenters. The third kappa shape index (κ3) is 2.81. The first kappa shape index (κ1) is 14.8. The van der Waals surface area contributed by atoms with Crippen molar-refractivity contribution in [1.29, 1.82) is 0 Å². The smallest absolute Gasteiger partial charge is 0.335 e. The van der Waals surface area contributed by atoms with Crippen molar-refractivity contribution < 1.29 is 15.0 Å². The quantitative estimate of drug-likeness (QED) is 0.776. The molecule has 116 valence electrons. The normalized spacial score (nSPS) is 10.7. The molecule has 2 N–H and O–H groups in total. The Morgan fingerprint density at radius 1 is 1.04 bits per heavy atom. The number of aromatic nitrogens is 1. The molecule has 5 nitrogen and oxygen atoms in total. The number of carbonyl (C=O) groups is 1. The summed E-state index contributed by atoms with van der Waals surface area (Å²) in [6.07, 6.45) is 0. The number of aromatic carboxylic acids is 1. The van der Waals surface area contributed by atoms with E-state index in [0.717, 1.165) is 27.8 Å². The van der Waals surface area contributed by atoms with Crippen LogP contribution in [0.25, 0.3) is 22.2 Å². The van der Waals surface area contributed by atoms with Crippen LogP contribution in [0.15, 0.2) is 48.5 Å². The summed E-state index contributed by atoms with van der Waals surface area (Å²) in [5.74, 6) is -0.756. The van der Waals surface area contributed by atoms with Crippen LogP contribution in [0.5, 0.6) is 5.75 Å². The summed E-state index contributed by atoms with van der Waals surface area (Å²) in [4.78, 5) is 17.7. The maximum atomic E-state index is 11.2. The molecule has 1 aromatic heterocycles. The highest BCUT2D eigenvalue weighted by Crippen LogP contribution is 2.31. The first-order chi connectivity index (χ1) is 11.0. The fraction of sp³-hybridized carbons (Fsp3) is 0.111. The second-order valence-corrected chi connectivity index (χ2v) is 5.51. The van der Waals surface area contributed by atoms with Gasteiger partial charge in [0, 0.05) is 30.7 Å². The molecular weight excluding hydrogens is 292 g/mol. The first-order valence-electron chi connectivity index (χ1n) is 7.10. The third-order valence-corrected chi connectivity index (χ3v) is 3.68. The molecule has 0 aliphatic carbocycles. The van der Waals surface area contributed by atoms with Crippen LogP contribution in [0.2, 0.25) is 0 Å². The fourth-order valence-corrected chi connectivity index (χ4v) is 2.51. The Labute approximate surface area is 133 Å². The van der Waals surface area contributed by atoms with Gasteiger partial charge in [0.15, 0.2) is 0 Å². The molecule has 0 bridgehead atoms. The van der Waals surface area contributed by atoms with E-state index in [2.05, 4.69) is 4.98 Å². The van der Waals surface area contributed by atoms with Crippen LogP contribution in [0.1, 0.15) is 10.4 Å². The van der Waals surface area contributed by atoms with Gasteiger partial charge >= 0.3 is 5.97 Å². The number of pyridine rings is 1. The minimum atomic E-state index is -0.957. The molecule has 5 heteroatoms. The molecular formula is C18H16N2O3. The van der Waals surface area contributed by atoms with Gasteiger partial charge in [-0.15, -0.1) is 0 Å². The van der Waals surface area contributed by atoms with Gasteiger partial charge in [0.05, 0.1) is 16.8 Å². The molecule has 0 amide bonds. The molecule has 1 heterocycles. The van der Waals surface area contributed by atoms with Crippen molar-refractivity contribution in [3.8, 4) is 17.0 Å². The maximum Gasteiger partial charge on any atom is 0.335 e. The van der Waals surface area contributed by atoms with Gasteiger partial charge < -0.3 is 15.1 Å². The van der Waals surface area contributed by atoms with Crippen molar-refractivity contribution in [3.05, 3.63) is 54.1 Å². The minimum Gasteiger partial charge on any atom is -0.508 e. The molecule has 0 aliphatic rings. The summed E-state index contributed by atoms with van der Waals surface area (Å²) < 4.78 is 0. The van der Waals surface area contributed by atoms with Crippen molar-refractivity contribution in [1.82, 2.24) is 4.98 Å². The maximum absolute atomic E-state index is 11.2. The lowest BCUT2D eigenvalue weighted by Crippen LogP contribution is -2.11. The van der Waals surface area contributed by atoms with Crippen molar-refractivity contribution in [2.45, 2.75) is 0 Å². The van der Waals surface area contributed by atoms with Gasteiger partial charge in [-0.05, 0) is 42.5 Å². The number of benzene rings is 2. The summed E-state index contributed by atoms with van der Waals surface area (Å²) in [6, 6.07) is 13.8. The second-order valence-electron chi connectivity index (χ2n) is 5.51. The zero-order valence-electron chi connectivity index (χ0n) is 12.8. The number of rotatable bonds is 3. The molecule has 2 aromatic carbocycles. The van der Waals surface area contributed by atoms with Crippen LogP contribution in [0.4, 0.5) is 5.69 Å². The molecule has 0 fully saturated rings. The van der Waals surface area contributed by atoms with Gasteiger partial charge in [-0.25, -0.2) is 9.78 Å². The number of carboxylic acids is 1. The van der Waals surface area contributed by atoms with E-state index in [0.29, 0.717) is 0 Å². The number of aromatic hydroxyl groups is 1. The van der Waals surface area contributed by atoms with Gasteiger partial charge in [-0.3, -0.25) is 0 Å². The Hall–Kier alpha value is -3.08. The Morgan fingerprint density at radius 2 is 1.83 bits per heavy atom. The molecule has 23 heavy (non-hydrogen) atoms. The lowest BCUT2D eigenvalue weighted by molar-refractivity contribution is 0.0697. The number of hydrogen-bond donors (Lipinski definition) is 2. The molecule has 0 saturated carbocycles. The zero-order chi connectivity index (χ0) is 16.6. The largest absolute Gasteiger partial charge is 0.508 e. The van der Waals surface area contributed by atoms with E-state index in [1.807, 2.05) is 31.1 Å². The van der Waals surface area contributed by atoms with Crippen molar-refractivity contribution >= 4 is 22.6 Å². The fourth-order valence-electron chi connectivity index (χ4n) is 2.51. The highest BCUT2D eigenvalue weighted by atomic mass is 16.4. The highest BCUT2D eigenvalue weighted by molar-refractivity contribution is 5.92. The number of nitrogens with zero attached hydrogens (tertiary/aromatic N) is 2. The predicted molar refractivity (Wildman–Crippen MR) is 90.1 cm³/mol. The molecule has 3 aromatic rings. The Balaban J connectivity index is 2.17. The Kier molecular flexibility index (Phi) is 3.62. The summed E-state index contributed by atoms with van der Waals surface area (Å²) in [6.45, 7) is 0. The van der Waals surface area contributed by atoms with Gasteiger partial charge in [0.1, 0.15) is 5.75 Å². The van der Waals surface area contributed by atoms with Gasteiger partial charge in [0.25, 0.3) is 0 Å². The number of phenols is 1. The van der Waals surface area contributed by atoms with E-state index >= 15 is 0 Å². The standard InChI is InChI=1S/C18H16N2O3/c1-20(2)17-10-12(18(22)23)3-6-14(17)16-7-4-11-9-13(21)5-8-15(11)19-16/h3-10,21H,1-2H3,(H,22,23).